The van der Waals surface area contributed by atoms with Crippen LogP contribution in [0.3, 0.4) is 0 Å². The average Bonchev–Trinajstić information content (AvgIpc) is 3.33. The van der Waals surface area contributed by atoms with Crippen molar-refractivity contribution in [2.24, 2.45) is 0 Å². The van der Waals surface area contributed by atoms with Crippen molar-refractivity contribution < 1.29 is 9.53 Å². The summed E-state index contributed by atoms with van der Waals surface area (Å²) in [6, 6.07) is 11.1. The van der Waals surface area contributed by atoms with Gasteiger partial charge in [0.05, 0.1) is 24.4 Å². The molecule has 0 aliphatic heterocycles. The third kappa shape index (κ3) is 3.59. The first-order valence-corrected chi connectivity index (χ1v) is 9.64. The molecule has 0 unspecified atom stereocenters. The highest BCUT2D eigenvalue weighted by molar-refractivity contribution is 7.10. The minimum Gasteiger partial charge on any atom is -0.497 e. The molecular weight excluding hydrogens is 374 g/mol. The van der Waals surface area contributed by atoms with Crippen LogP contribution >= 0.6 is 11.3 Å². The number of carbonyl (C=O) groups excluding carboxylic acids is 1. The molecule has 4 aromatic rings. The molecule has 1 N–H and O–H groups in total. The monoisotopic (exact) mass is 393 g/mol. The van der Waals surface area contributed by atoms with Gasteiger partial charge in [0.15, 0.2) is 11.5 Å². The van der Waals surface area contributed by atoms with Crippen molar-refractivity contribution in [2.75, 3.05) is 7.11 Å². The van der Waals surface area contributed by atoms with Gasteiger partial charge in [-0.1, -0.05) is 0 Å². The summed E-state index contributed by atoms with van der Waals surface area (Å²) in [6.45, 7) is 3.84. The Hall–Kier alpha value is -3.26. The van der Waals surface area contributed by atoms with E-state index in [4.69, 9.17) is 4.74 Å². The van der Waals surface area contributed by atoms with Gasteiger partial charge in [-0.15, -0.1) is 16.4 Å². The number of carbonyl (C=O) groups is 1. The first-order chi connectivity index (χ1) is 13.5. The van der Waals surface area contributed by atoms with E-state index in [9.17, 15) is 4.79 Å². The predicted molar refractivity (Wildman–Crippen MR) is 108 cm³/mol. The lowest BCUT2D eigenvalue weighted by molar-refractivity contribution is 0.0938. The summed E-state index contributed by atoms with van der Waals surface area (Å²) in [4.78, 5) is 22.5. The van der Waals surface area contributed by atoms with Crippen molar-refractivity contribution in [1.82, 2.24) is 24.9 Å². The standard InChI is InChI=1S/C20H19N5O2S/c1-12-8-15(10-28-12)20(26)22-13(2)19-23-18-9-17(21-11-25(18)24-19)14-4-6-16(27-3)7-5-14/h4-11,13H,1-3H3,(H,22,26)/t13-/m0/s1. The highest BCUT2D eigenvalue weighted by Gasteiger charge is 2.17. The van der Waals surface area contributed by atoms with Crippen LogP contribution in [0.4, 0.5) is 0 Å². The van der Waals surface area contributed by atoms with E-state index >= 15 is 0 Å². The average molecular weight is 393 g/mol. The second kappa shape index (κ2) is 7.40. The fourth-order valence-corrected chi connectivity index (χ4v) is 3.51. The zero-order chi connectivity index (χ0) is 19.7. The molecule has 3 aromatic heterocycles. The van der Waals surface area contributed by atoms with Gasteiger partial charge in [0, 0.05) is 21.9 Å². The summed E-state index contributed by atoms with van der Waals surface area (Å²) < 4.78 is 6.80. The van der Waals surface area contributed by atoms with Crippen molar-refractivity contribution in [2.45, 2.75) is 19.9 Å². The zero-order valence-corrected chi connectivity index (χ0v) is 16.5. The number of rotatable bonds is 5. The number of aromatic nitrogens is 4. The molecule has 28 heavy (non-hydrogen) atoms. The van der Waals surface area contributed by atoms with Crippen LogP contribution in [0.25, 0.3) is 16.9 Å². The van der Waals surface area contributed by atoms with Crippen LogP contribution in [0, 0.1) is 6.92 Å². The normalized spacial score (nSPS) is 12.1. The highest BCUT2D eigenvalue weighted by Crippen LogP contribution is 2.22. The van der Waals surface area contributed by atoms with Crippen molar-refractivity contribution in [3.63, 3.8) is 0 Å². The van der Waals surface area contributed by atoms with Crippen LogP contribution in [0.15, 0.2) is 48.1 Å². The number of ether oxygens (including phenoxy) is 1. The lowest BCUT2D eigenvalue weighted by Crippen LogP contribution is -2.27. The van der Waals surface area contributed by atoms with Crippen LogP contribution in [0.5, 0.6) is 5.75 Å². The molecule has 3 heterocycles. The molecule has 7 nitrogen and oxygen atoms in total. The Morgan fingerprint density at radius 3 is 2.71 bits per heavy atom. The Bertz CT molecular complexity index is 1130. The molecule has 0 bridgehead atoms. The smallest absolute Gasteiger partial charge is 0.252 e. The fraction of sp³-hybridized carbons (Fsp3) is 0.200. The van der Waals surface area contributed by atoms with E-state index < -0.39 is 0 Å². The Labute approximate surface area is 166 Å². The second-order valence-electron chi connectivity index (χ2n) is 6.42. The summed E-state index contributed by atoms with van der Waals surface area (Å²) >= 11 is 1.55. The summed E-state index contributed by atoms with van der Waals surface area (Å²) in [7, 11) is 1.64. The van der Waals surface area contributed by atoms with Gasteiger partial charge in [-0.2, -0.15) is 0 Å². The number of nitrogens with zero attached hydrogens (tertiary/aromatic N) is 4. The van der Waals surface area contributed by atoms with Gasteiger partial charge < -0.3 is 10.1 Å². The number of thiophene rings is 1. The second-order valence-corrected chi connectivity index (χ2v) is 7.53. The lowest BCUT2D eigenvalue weighted by atomic mass is 10.1. The van der Waals surface area contributed by atoms with E-state index in [0.29, 0.717) is 17.0 Å². The Morgan fingerprint density at radius 1 is 1.25 bits per heavy atom. The lowest BCUT2D eigenvalue weighted by Gasteiger charge is -2.09. The van der Waals surface area contributed by atoms with Crippen LogP contribution in [0.1, 0.15) is 34.0 Å². The molecule has 1 atom stereocenters. The van der Waals surface area contributed by atoms with Crippen molar-refractivity contribution in [3.05, 3.63) is 64.4 Å². The van der Waals surface area contributed by atoms with Crippen LogP contribution < -0.4 is 10.1 Å². The molecule has 0 fully saturated rings. The molecular formula is C20H19N5O2S. The SMILES string of the molecule is COc1ccc(-c2cc3nc([C@H](C)NC(=O)c4csc(C)c4)nn3cn2)cc1. The number of nitrogens with one attached hydrogen (secondary N) is 1. The van der Waals surface area contributed by atoms with Gasteiger partial charge in [-0.3, -0.25) is 4.79 Å². The number of hydrogen-bond acceptors (Lipinski definition) is 6. The van der Waals surface area contributed by atoms with Crippen molar-refractivity contribution in [3.8, 4) is 17.0 Å². The van der Waals surface area contributed by atoms with Crippen LogP contribution in [-0.4, -0.2) is 32.6 Å². The summed E-state index contributed by atoms with van der Waals surface area (Å²) in [5, 5.41) is 9.23. The number of methoxy groups -OCH3 is 1. The molecule has 0 aliphatic rings. The van der Waals surface area contributed by atoms with E-state index in [0.717, 1.165) is 21.9 Å². The summed E-state index contributed by atoms with van der Waals surface area (Å²) in [5.41, 5.74) is 3.08. The topological polar surface area (TPSA) is 81.4 Å². The number of fused-ring (bicyclic) bond motifs is 1. The maximum Gasteiger partial charge on any atom is 0.252 e. The Balaban J connectivity index is 1.56. The highest BCUT2D eigenvalue weighted by atomic mass is 32.1. The van der Waals surface area contributed by atoms with Gasteiger partial charge in [0.2, 0.25) is 0 Å². The summed E-state index contributed by atoms with van der Waals surface area (Å²) in [5.74, 6) is 1.20. The third-order valence-electron chi connectivity index (χ3n) is 4.36. The first kappa shape index (κ1) is 18.1. The number of hydrogen-bond donors (Lipinski definition) is 1. The summed E-state index contributed by atoms with van der Waals surface area (Å²) in [6.07, 6.45) is 1.63. The minimum absolute atomic E-state index is 0.132. The number of aryl methyl sites for hydroxylation is 1. The molecule has 1 aromatic carbocycles. The maximum absolute atomic E-state index is 12.4. The van der Waals surface area contributed by atoms with Gasteiger partial charge in [-0.05, 0) is 44.2 Å². The fourth-order valence-electron chi connectivity index (χ4n) is 2.82. The molecule has 142 valence electrons. The minimum atomic E-state index is -0.322. The molecule has 1 amide bonds. The molecule has 4 rings (SSSR count). The van der Waals surface area contributed by atoms with Crippen molar-refractivity contribution >= 4 is 22.9 Å². The van der Waals surface area contributed by atoms with E-state index in [1.807, 2.05) is 55.6 Å². The maximum atomic E-state index is 12.4. The third-order valence-corrected chi connectivity index (χ3v) is 5.22. The Kier molecular flexibility index (Phi) is 4.79. The van der Waals surface area contributed by atoms with Gasteiger partial charge in [0.25, 0.3) is 5.91 Å². The van der Waals surface area contributed by atoms with Crippen LogP contribution in [0.2, 0.25) is 0 Å². The van der Waals surface area contributed by atoms with E-state index in [-0.39, 0.29) is 11.9 Å². The first-order valence-electron chi connectivity index (χ1n) is 8.76. The number of amides is 1. The predicted octanol–water partition coefficient (Wildman–Crippen LogP) is 3.66. The number of benzene rings is 1. The van der Waals surface area contributed by atoms with Gasteiger partial charge in [0.1, 0.15) is 12.1 Å². The van der Waals surface area contributed by atoms with E-state index in [1.165, 1.54) is 0 Å². The molecule has 0 radical (unpaired) electrons. The zero-order valence-electron chi connectivity index (χ0n) is 15.7. The molecule has 0 saturated carbocycles. The van der Waals surface area contributed by atoms with Gasteiger partial charge in [-0.25, -0.2) is 14.5 Å². The van der Waals surface area contributed by atoms with E-state index in [1.54, 1.807) is 29.3 Å². The van der Waals surface area contributed by atoms with Crippen LogP contribution in [-0.2, 0) is 0 Å². The van der Waals surface area contributed by atoms with E-state index in [2.05, 4.69) is 20.4 Å². The quantitative estimate of drug-likeness (QED) is 0.560. The van der Waals surface area contributed by atoms with Gasteiger partial charge >= 0.3 is 0 Å². The van der Waals surface area contributed by atoms with Crippen molar-refractivity contribution in [1.29, 1.82) is 0 Å². The molecule has 0 spiro atoms. The largest absolute Gasteiger partial charge is 0.497 e. The Morgan fingerprint density at radius 2 is 2.04 bits per heavy atom. The molecule has 0 saturated heterocycles. The molecule has 8 heteroatoms. The molecule has 0 aliphatic carbocycles.